The lowest BCUT2D eigenvalue weighted by Crippen LogP contribution is -2.41. The van der Waals surface area contributed by atoms with E-state index in [1.54, 1.807) is 4.90 Å². The first-order chi connectivity index (χ1) is 10.5. The Morgan fingerprint density at radius 2 is 1.57 bits per heavy atom. The van der Waals surface area contributed by atoms with Crippen LogP contribution < -0.4 is 5.46 Å². The maximum Gasteiger partial charge on any atom is 0.494 e. The van der Waals surface area contributed by atoms with Crippen molar-refractivity contribution in [2.45, 2.75) is 65.2 Å². The molecular formula is C18H28BNO3. The number of carbonyl (C=O) groups is 1. The summed E-state index contributed by atoms with van der Waals surface area (Å²) in [5, 5.41) is 0. The molecule has 1 saturated heterocycles. The monoisotopic (exact) mass is 317 g/mol. The predicted octanol–water partition coefficient (Wildman–Crippen LogP) is 2.40. The Morgan fingerprint density at radius 3 is 2.00 bits per heavy atom. The fourth-order valence-corrected chi connectivity index (χ4v) is 2.36. The van der Waals surface area contributed by atoms with Gasteiger partial charge >= 0.3 is 7.12 Å². The Balaban J connectivity index is 2.05. The summed E-state index contributed by atoms with van der Waals surface area (Å²) < 4.78 is 12.1. The number of likely N-dealkylation sites (N-methyl/N-ethyl adjacent to an activating group) is 1. The van der Waals surface area contributed by atoms with Crippen molar-refractivity contribution in [1.29, 1.82) is 0 Å². The van der Waals surface area contributed by atoms with Crippen LogP contribution in [0.15, 0.2) is 24.3 Å². The van der Waals surface area contributed by atoms with Gasteiger partial charge in [-0.3, -0.25) is 4.79 Å². The first kappa shape index (κ1) is 18.0. The molecule has 1 heterocycles. The van der Waals surface area contributed by atoms with Crippen LogP contribution in [0.2, 0.25) is 0 Å². The molecule has 0 saturated carbocycles. The van der Waals surface area contributed by atoms with Crippen molar-refractivity contribution in [3.05, 3.63) is 29.8 Å². The van der Waals surface area contributed by atoms with Crippen molar-refractivity contribution >= 4 is 18.5 Å². The molecule has 1 aromatic carbocycles. The highest BCUT2D eigenvalue weighted by molar-refractivity contribution is 6.62. The molecule has 5 heteroatoms. The van der Waals surface area contributed by atoms with Crippen molar-refractivity contribution in [3.8, 4) is 0 Å². The van der Waals surface area contributed by atoms with Crippen LogP contribution in [-0.2, 0) is 20.5 Å². The van der Waals surface area contributed by atoms with Gasteiger partial charge in [0, 0.05) is 13.1 Å². The Kier molecular flexibility index (Phi) is 4.93. The molecule has 0 bridgehead atoms. The number of carbonyl (C=O) groups excluding carboxylic acids is 1. The number of hydrogen-bond donors (Lipinski definition) is 0. The molecule has 1 aromatic rings. The lowest BCUT2D eigenvalue weighted by Gasteiger charge is -2.32. The van der Waals surface area contributed by atoms with Gasteiger partial charge in [-0.15, -0.1) is 0 Å². The third-order valence-corrected chi connectivity index (χ3v) is 5.03. The van der Waals surface area contributed by atoms with Crippen molar-refractivity contribution in [2.24, 2.45) is 0 Å². The number of nitrogens with zero attached hydrogens (tertiary/aromatic N) is 1. The van der Waals surface area contributed by atoms with Crippen LogP contribution in [-0.4, -0.2) is 42.2 Å². The Bertz CT molecular complexity index is 550. The van der Waals surface area contributed by atoms with Crippen LogP contribution >= 0.6 is 0 Å². The van der Waals surface area contributed by atoms with Crippen LogP contribution in [0.3, 0.4) is 0 Å². The van der Waals surface area contributed by atoms with E-state index >= 15 is 0 Å². The minimum absolute atomic E-state index is 0.128. The van der Waals surface area contributed by atoms with Gasteiger partial charge in [-0.1, -0.05) is 24.3 Å². The van der Waals surface area contributed by atoms with E-state index in [0.717, 1.165) is 11.0 Å². The van der Waals surface area contributed by atoms with E-state index in [1.165, 1.54) is 0 Å². The van der Waals surface area contributed by atoms with E-state index in [9.17, 15) is 4.79 Å². The molecule has 126 valence electrons. The number of hydrogen-bond acceptors (Lipinski definition) is 3. The Morgan fingerprint density at radius 1 is 1.09 bits per heavy atom. The molecule has 1 fully saturated rings. The summed E-state index contributed by atoms with van der Waals surface area (Å²) in [6.45, 7) is 12.2. The van der Waals surface area contributed by atoms with Crippen LogP contribution in [0.25, 0.3) is 0 Å². The summed E-state index contributed by atoms with van der Waals surface area (Å²) in [6, 6.07) is 8.14. The summed E-state index contributed by atoms with van der Waals surface area (Å²) in [7, 11) is 1.48. The average molecular weight is 317 g/mol. The zero-order chi connectivity index (χ0) is 17.4. The van der Waals surface area contributed by atoms with Crippen LogP contribution in [0.4, 0.5) is 0 Å². The number of amides is 1. The summed E-state index contributed by atoms with van der Waals surface area (Å²) in [5.41, 5.74) is 1.30. The maximum absolute atomic E-state index is 12.1. The quantitative estimate of drug-likeness (QED) is 0.801. The fraction of sp³-hybridized carbons (Fsp3) is 0.611. The Hall–Kier alpha value is -1.33. The molecule has 0 radical (unpaired) electrons. The fourth-order valence-electron chi connectivity index (χ4n) is 2.36. The van der Waals surface area contributed by atoms with Crippen LogP contribution in [0, 0.1) is 0 Å². The highest BCUT2D eigenvalue weighted by atomic mass is 16.7. The van der Waals surface area contributed by atoms with Crippen molar-refractivity contribution < 1.29 is 14.1 Å². The lowest BCUT2D eigenvalue weighted by molar-refractivity contribution is -0.130. The second-order valence-corrected chi connectivity index (χ2v) is 7.61. The van der Waals surface area contributed by atoms with E-state index in [2.05, 4.69) is 0 Å². The third kappa shape index (κ3) is 3.78. The maximum atomic E-state index is 12.1. The molecule has 1 aliphatic heterocycles. The van der Waals surface area contributed by atoms with Gasteiger partial charge in [0.2, 0.25) is 5.91 Å². The third-order valence-electron chi connectivity index (χ3n) is 5.03. The van der Waals surface area contributed by atoms with E-state index in [1.807, 2.05) is 72.9 Å². The minimum atomic E-state index is -0.358. The van der Waals surface area contributed by atoms with E-state index in [4.69, 9.17) is 9.31 Å². The van der Waals surface area contributed by atoms with Gasteiger partial charge in [-0.25, -0.2) is 0 Å². The summed E-state index contributed by atoms with van der Waals surface area (Å²) in [5.74, 6) is 0.128. The van der Waals surface area contributed by atoms with Gasteiger partial charge in [0.15, 0.2) is 0 Å². The highest BCUT2D eigenvalue weighted by Crippen LogP contribution is 2.36. The molecule has 0 aliphatic carbocycles. The molecule has 0 aromatic heterocycles. The standard InChI is InChI=1S/C18H28BNO3/c1-13(2)20(7)16(21)12-14-8-10-15(11-9-14)19-22-17(3,4)18(5,6)23-19/h8-11,13H,12H2,1-7H3. The molecule has 1 amide bonds. The first-order valence-corrected chi connectivity index (χ1v) is 8.23. The predicted molar refractivity (Wildman–Crippen MR) is 93.8 cm³/mol. The average Bonchev–Trinajstić information content (AvgIpc) is 2.67. The molecular weight excluding hydrogens is 289 g/mol. The highest BCUT2D eigenvalue weighted by Gasteiger charge is 2.51. The van der Waals surface area contributed by atoms with Gasteiger partial charge in [0.05, 0.1) is 17.6 Å². The molecule has 0 unspecified atom stereocenters. The lowest BCUT2D eigenvalue weighted by atomic mass is 9.79. The van der Waals surface area contributed by atoms with E-state index in [0.29, 0.717) is 6.42 Å². The molecule has 0 atom stereocenters. The van der Waals surface area contributed by atoms with Gasteiger partial charge in [0.25, 0.3) is 0 Å². The van der Waals surface area contributed by atoms with Gasteiger partial charge in [0.1, 0.15) is 0 Å². The minimum Gasteiger partial charge on any atom is -0.399 e. The summed E-state index contributed by atoms with van der Waals surface area (Å²) >= 11 is 0. The molecule has 0 spiro atoms. The van der Waals surface area contributed by atoms with E-state index < -0.39 is 0 Å². The second-order valence-electron chi connectivity index (χ2n) is 7.61. The number of benzene rings is 1. The van der Waals surface area contributed by atoms with Crippen molar-refractivity contribution in [1.82, 2.24) is 4.90 Å². The van der Waals surface area contributed by atoms with Gasteiger partial charge < -0.3 is 14.2 Å². The van der Waals surface area contributed by atoms with Crippen molar-refractivity contribution in [3.63, 3.8) is 0 Å². The smallest absolute Gasteiger partial charge is 0.399 e. The van der Waals surface area contributed by atoms with Gasteiger partial charge in [-0.2, -0.15) is 0 Å². The second kappa shape index (κ2) is 6.29. The van der Waals surface area contributed by atoms with Crippen LogP contribution in [0.1, 0.15) is 47.1 Å². The molecule has 23 heavy (non-hydrogen) atoms. The topological polar surface area (TPSA) is 38.8 Å². The largest absolute Gasteiger partial charge is 0.494 e. The molecule has 4 nitrogen and oxygen atoms in total. The number of rotatable bonds is 4. The normalized spacial score (nSPS) is 19.2. The zero-order valence-corrected chi connectivity index (χ0v) is 15.3. The Labute approximate surface area is 140 Å². The zero-order valence-electron chi connectivity index (χ0n) is 15.3. The van der Waals surface area contributed by atoms with Crippen LogP contribution in [0.5, 0.6) is 0 Å². The first-order valence-electron chi connectivity index (χ1n) is 8.23. The molecule has 1 aliphatic rings. The van der Waals surface area contributed by atoms with E-state index in [-0.39, 0.29) is 30.3 Å². The molecule has 0 N–H and O–H groups in total. The van der Waals surface area contributed by atoms with Gasteiger partial charge in [-0.05, 0) is 52.6 Å². The summed E-state index contributed by atoms with van der Waals surface area (Å²) in [6.07, 6.45) is 0.415. The summed E-state index contributed by atoms with van der Waals surface area (Å²) in [4.78, 5) is 13.9. The SMILES string of the molecule is CC(C)N(C)C(=O)Cc1ccc(B2OC(C)(C)C(C)(C)O2)cc1. The molecule has 2 rings (SSSR count). The van der Waals surface area contributed by atoms with Crippen molar-refractivity contribution in [2.75, 3.05) is 7.05 Å².